The first-order chi connectivity index (χ1) is 21.4. The Bertz CT molecular complexity index is 1470. The molecule has 8 rings (SSSR count). The van der Waals surface area contributed by atoms with Gasteiger partial charge in [0.05, 0.1) is 11.0 Å². The summed E-state index contributed by atoms with van der Waals surface area (Å²) in [5, 5.41) is 18.7. The van der Waals surface area contributed by atoms with Gasteiger partial charge in [0.2, 0.25) is 5.91 Å². The summed E-state index contributed by atoms with van der Waals surface area (Å²) < 4.78 is 0. The van der Waals surface area contributed by atoms with Gasteiger partial charge in [-0.1, -0.05) is 103 Å². The fourth-order valence-corrected chi connectivity index (χ4v) is 9.11. The summed E-state index contributed by atoms with van der Waals surface area (Å²) in [5.74, 6) is 2.05. The molecule has 6 heteroatoms. The minimum atomic E-state index is -0.892. The molecule has 0 saturated heterocycles. The zero-order valence-corrected chi connectivity index (χ0v) is 24.9. The predicted molar refractivity (Wildman–Crippen MR) is 172 cm³/mol. The highest BCUT2D eigenvalue weighted by atomic mass is 16.6. The van der Waals surface area contributed by atoms with Crippen LogP contribution in [0.4, 0.5) is 5.69 Å². The van der Waals surface area contributed by atoms with Gasteiger partial charge in [0, 0.05) is 18.7 Å². The number of rotatable bonds is 10. The second kappa shape index (κ2) is 11.7. The Balaban J connectivity index is 1.30. The molecule has 1 amide bonds. The Labute approximate surface area is 259 Å². The van der Waals surface area contributed by atoms with Crippen molar-refractivity contribution in [1.82, 2.24) is 10.6 Å². The molecule has 4 aliphatic rings. The average molecular weight is 586 g/mol. The maximum Gasteiger partial charge on any atom is 0.269 e. The molecule has 44 heavy (non-hydrogen) atoms. The van der Waals surface area contributed by atoms with Gasteiger partial charge in [-0.2, -0.15) is 0 Å². The van der Waals surface area contributed by atoms with Crippen molar-refractivity contribution in [2.24, 2.45) is 23.2 Å². The zero-order valence-electron chi connectivity index (χ0n) is 24.9. The van der Waals surface area contributed by atoms with E-state index in [0.29, 0.717) is 24.3 Å². The highest BCUT2D eigenvalue weighted by molar-refractivity contribution is 5.85. The summed E-state index contributed by atoms with van der Waals surface area (Å²) in [6, 6.07) is 37.1. The first kappa shape index (κ1) is 28.5. The molecule has 0 spiro atoms. The molecule has 1 atom stereocenters. The van der Waals surface area contributed by atoms with Crippen LogP contribution in [-0.2, 0) is 16.9 Å². The van der Waals surface area contributed by atoms with Gasteiger partial charge < -0.3 is 10.6 Å². The molecule has 6 nitrogen and oxygen atoms in total. The van der Waals surface area contributed by atoms with Crippen molar-refractivity contribution in [2.75, 3.05) is 0 Å². The van der Waals surface area contributed by atoms with Crippen LogP contribution in [0.3, 0.4) is 0 Å². The standard InChI is InChI=1S/C38H39N3O3/c42-36(40-38(31-10-4-1-5-11-31,32-12-6-2-7-13-32)33-14-8-3-9-15-33)35(39-26-27-16-18-34(19-17-27)41(43)44)37-23-28-20-29(24-37)22-30(21-28)25-37/h1-19,28-30,35,39H,20-26H2,(H,40,42). The maximum atomic E-state index is 15.1. The van der Waals surface area contributed by atoms with E-state index in [9.17, 15) is 10.1 Å². The van der Waals surface area contributed by atoms with Crippen molar-refractivity contribution >= 4 is 11.6 Å². The molecule has 4 aromatic carbocycles. The van der Waals surface area contributed by atoms with Gasteiger partial charge in [-0.15, -0.1) is 0 Å². The van der Waals surface area contributed by atoms with Crippen molar-refractivity contribution in [1.29, 1.82) is 0 Å². The van der Waals surface area contributed by atoms with Crippen LogP contribution in [0.2, 0.25) is 0 Å². The lowest BCUT2D eigenvalue weighted by molar-refractivity contribution is -0.384. The van der Waals surface area contributed by atoms with Crippen LogP contribution in [0.15, 0.2) is 115 Å². The van der Waals surface area contributed by atoms with E-state index < -0.39 is 11.6 Å². The van der Waals surface area contributed by atoms with E-state index in [0.717, 1.165) is 41.5 Å². The lowest BCUT2D eigenvalue weighted by Gasteiger charge is -2.59. The number of nitrogens with one attached hydrogen (secondary N) is 2. The van der Waals surface area contributed by atoms with E-state index in [1.54, 1.807) is 24.3 Å². The summed E-state index contributed by atoms with van der Waals surface area (Å²) in [4.78, 5) is 26.0. The molecule has 0 heterocycles. The minimum Gasteiger partial charge on any atom is -0.337 e. The molecule has 4 aliphatic carbocycles. The number of carbonyl (C=O) groups is 1. The van der Waals surface area contributed by atoms with Crippen molar-refractivity contribution in [3.05, 3.63) is 148 Å². The molecule has 4 saturated carbocycles. The summed E-state index contributed by atoms with van der Waals surface area (Å²) in [5.41, 5.74) is 3.01. The van der Waals surface area contributed by atoms with Crippen LogP contribution in [0.25, 0.3) is 0 Å². The van der Waals surface area contributed by atoms with E-state index in [-0.39, 0.29) is 21.9 Å². The Hall–Kier alpha value is -4.29. The van der Waals surface area contributed by atoms with E-state index in [1.165, 1.54) is 19.3 Å². The Morgan fingerprint density at radius 3 is 1.57 bits per heavy atom. The van der Waals surface area contributed by atoms with Crippen molar-refractivity contribution in [3.63, 3.8) is 0 Å². The molecule has 2 N–H and O–H groups in total. The number of hydrogen-bond donors (Lipinski definition) is 2. The maximum absolute atomic E-state index is 15.1. The Morgan fingerprint density at radius 2 is 1.16 bits per heavy atom. The number of hydrogen-bond acceptors (Lipinski definition) is 4. The molecular weight excluding hydrogens is 546 g/mol. The number of amides is 1. The van der Waals surface area contributed by atoms with Gasteiger partial charge >= 0.3 is 0 Å². The van der Waals surface area contributed by atoms with Crippen LogP contribution in [0.5, 0.6) is 0 Å². The molecule has 224 valence electrons. The molecule has 0 aliphatic heterocycles. The number of nitro groups is 1. The third-order valence-corrected chi connectivity index (χ3v) is 10.5. The molecule has 0 aromatic heterocycles. The lowest BCUT2D eigenvalue weighted by atomic mass is 9.47. The zero-order chi connectivity index (χ0) is 30.1. The van der Waals surface area contributed by atoms with Crippen LogP contribution in [0, 0.1) is 33.3 Å². The largest absolute Gasteiger partial charge is 0.337 e. The van der Waals surface area contributed by atoms with Crippen LogP contribution < -0.4 is 10.6 Å². The van der Waals surface area contributed by atoms with Gasteiger partial charge in [0.25, 0.3) is 5.69 Å². The topological polar surface area (TPSA) is 84.3 Å². The first-order valence-corrected chi connectivity index (χ1v) is 15.9. The molecule has 4 fully saturated rings. The fraction of sp³-hybridized carbons (Fsp3) is 0.342. The number of nitro benzene ring substituents is 1. The minimum absolute atomic E-state index is 0.00502. The van der Waals surface area contributed by atoms with Gasteiger partial charge in [0.1, 0.15) is 5.54 Å². The highest BCUT2D eigenvalue weighted by Crippen LogP contribution is 2.61. The van der Waals surface area contributed by atoms with Crippen molar-refractivity contribution < 1.29 is 9.72 Å². The molecular formula is C38H39N3O3. The summed E-state index contributed by atoms with van der Waals surface area (Å²) in [7, 11) is 0. The van der Waals surface area contributed by atoms with E-state index >= 15 is 4.79 Å². The molecule has 4 aromatic rings. The quantitative estimate of drug-likeness (QED) is 0.116. The van der Waals surface area contributed by atoms with Gasteiger partial charge in [-0.05, 0) is 83.9 Å². The number of nitrogens with zero attached hydrogens (tertiary/aromatic N) is 1. The van der Waals surface area contributed by atoms with Crippen LogP contribution >= 0.6 is 0 Å². The summed E-state index contributed by atoms with van der Waals surface area (Å²) in [6.45, 7) is 0.465. The molecule has 0 radical (unpaired) electrons. The van der Waals surface area contributed by atoms with Crippen molar-refractivity contribution in [2.45, 2.75) is 56.7 Å². The first-order valence-electron chi connectivity index (χ1n) is 15.9. The van der Waals surface area contributed by atoms with E-state index in [1.807, 2.05) is 54.6 Å². The lowest BCUT2D eigenvalue weighted by Crippen LogP contribution is -2.63. The van der Waals surface area contributed by atoms with Crippen molar-refractivity contribution in [3.8, 4) is 0 Å². The third kappa shape index (κ3) is 5.22. The predicted octanol–water partition coefficient (Wildman–Crippen LogP) is 7.38. The normalized spacial score (nSPS) is 24.5. The highest BCUT2D eigenvalue weighted by Gasteiger charge is 2.56. The third-order valence-electron chi connectivity index (χ3n) is 10.5. The monoisotopic (exact) mass is 585 g/mol. The van der Waals surface area contributed by atoms with E-state index in [2.05, 4.69) is 47.0 Å². The molecule has 1 unspecified atom stereocenters. The summed E-state index contributed by atoms with van der Waals surface area (Å²) >= 11 is 0. The van der Waals surface area contributed by atoms with Crippen LogP contribution in [-0.4, -0.2) is 16.9 Å². The van der Waals surface area contributed by atoms with Gasteiger partial charge in [-0.25, -0.2) is 0 Å². The van der Waals surface area contributed by atoms with Gasteiger partial charge in [0.15, 0.2) is 0 Å². The Kier molecular flexibility index (Phi) is 7.55. The number of carbonyl (C=O) groups excluding carboxylic acids is 1. The smallest absolute Gasteiger partial charge is 0.269 e. The average Bonchev–Trinajstić information content (AvgIpc) is 3.04. The number of benzene rings is 4. The SMILES string of the molecule is O=C(NC(c1ccccc1)(c1ccccc1)c1ccccc1)C(NCc1ccc([N+](=O)[O-])cc1)C12CC3CC(CC(C3)C1)C2. The van der Waals surface area contributed by atoms with E-state index in [4.69, 9.17) is 0 Å². The van der Waals surface area contributed by atoms with Crippen LogP contribution in [0.1, 0.15) is 60.8 Å². The fourth-order valence-electron chi connectivity index (χ4n) is 9.11. The summed E-state index contributed by atoms with van der Waals surface area (Å²) in [6.07, 6.45) is 7.08. The molecule has 4 bridgehead atoms. The van der Waals surface area contributed by atoms with Gasteiger partial charge in [-0.3, -0.25) is 14.9 Å². The Morgan fingerprint density at radius 1 is 0.727 bits per heavy atom. The second-order valence-electron chi connectivity index (χ2n) is 13.4. The second-order valence-corrected chi connectivity index (χ2v) is 13.4. The number of non-ortho nitro benzene ring substituents is 1.